The first kappa shape index (κ1) is 34.1. The zero-order chi connectivity index (χ0) is 34.2. The first-order chi connectivity index (χ1) is 23.0. The van der Waals surface area contributed by atoms with Crippen molar-refractivity contribution in [2.45, 2.75) is 121 Å². The molecule has 0 unspecified atom stereocenters. The minimum Gasteiger partial charge on any atom is -0.444 e. The van der Waals surface area contributed by atoms with E-state index in [0.29, 0.717) is 38.8 Å². The van der Waals surface area contributed by atoms with Crippen LogP contribution in [0.3, 0.4) is 0 Å². The van der Waals surface area contributed by atoms with E-state index in [1.54, 1.807) is 17.9 Å². The number of nitrogens with zero attached hydrogens (tertiary/aromatic N) is 2. The van der Waals surface area contributed by atoms with E-state index < -0.39 is 68.5 Å². The normalized spacial score (nSPS) is 29.6. The Morgan fingerprint density at radius 1 is 1.08 bits per heavy atom. The fourth-order valence-corrected chi connectivity index (χ4v) is 8.96. The molecule has 6 rings (SSSR count). The Kier molecular flexibility index (Phi) is 9.70. The summed E-state index contributed by atoms with van der Waals surface area (Å²) in [4.78, 5) is 70.8. The molecule has 4 amide bonds. The summed E-state index contributed by atoms with van der Waals surface area (Å²) < 4.78 is 33.3. The molecule has 12 nitrogen and oxygen atoms in total. The molecule has 3 heterocycles. The van der Waals surface area contributed by atoms with E-state index in [1.165, 1.54) is 10.5 Å². The molecule has 5 aliphatic rings. The van der Waals surface area contributed by atoms with Crippen LogP contribution >= 0.6 is 0 Å². The highest BCUT2D eigenvalue weighted by atomic mass is 32.2. The number of carbonyl (C=O) groups is 5. The van der Waals surface area contributed by atoms with Gasteiger partial charge in [0.25, 0.3) is 0 Å². The van der Waals surface area contributed by atoms with Gasteiger partial charge in [-0.2, -0.15) is 0 Å². The highest BCUT2D eigenvalue weighted by molar-refractivity contribution is 7.90. The molecule has 5 atom stereocenters. The number of ketones is 1. The number of allylic oxidation sites excluding steroid dienone is 1. The molecule has 2 aliphatic carbocycles. The molecule has 2 saturated carbocycles. The largest absolute Gasteiger partial charge is 0.444 e. The number of amides is 4. The van der Waals surface area contributed by atoms with Crippen LogP contribution in [0.25, 0.3) is 0 Å². The maximum absolute atomic E-state index is 14.1. The summed E-state index contributed by atoms with van der Waals surface area (Å²) in [6, 6.07) is 4.21. The van der Waals surface area contributed by atoms with Crippen molar-refractivity contribution in [3.63, 3.8) is 0 Å². The fourth-order valence-electron chi connectivity index (χ4n) is 7.57. The van der Waals surface area contributed by atoms with Gasteiger partial charge in [0.05, 0.1) is 23.3 Å². The Hall–Kier alpha value is -3.74. The molecular formula is C35H46N4O8S. The monoisotopic (exact) mass is 682 g/mol. The van der Waals surface area contributed by atoms with E-state index >= 15 is 0 Å². The van der Waals surface area contributed by atoms with E-state index in [0.717, 1.165) is 36.8 Å². The SMILES string of the molecule is C=C[C@@H]1C[C@]1(CC(=O)[C@@H]1C[C@@H]2CN1C(=O)[C@H](CC)NC(=O)CCCCCCc1cccc3c1CN(C3)C(=O)O2)C(=O)NS(=O)(=O)C1CC1. The molecule has 3 fully saturated rings. The number of nitrogens with one attached hydrogen (secondary N) is 2. The van der Waals surface area contributed by atoms with Gasteiger partial charge in [0.2, 0.25) is 27.7 Å². The summed E-state index contributed by atoms with van der Waals surface area (Å²) in [7, 11) is -3.84. The van der Waals surface area contributed by atoms with Gasteiger partial charge in [0.1, 0.15) is 12.1 Å². The van der Waals surface area contributed by atoms with Gasteiger partial charge in [-0.05, 0) is 67.6 Å². The number of rotatable bonds is 8. The quantitative estimate of drug-likeness (QED) is 0.396. The number of carbonyl (C=O) groups excluding carboxylic acids is 5. The average molecular weight is 683 g/mol. The summed E-state index contributed by atoms with van der Waals surface area (Å²) in [5.41, 5.74) is 2.12. The maximum Gasteiger partial charge on any atom is 0.410 e. The predicted molar refractivity (Wildman–Crippen MR) is 176 cm³/mol. The third-order valence-electron chi connectivity index (χ3n) is 10.7. The number of fused-ring (bicyclic) bond motifs is 3. The summed E-state index contributed by atoms with van der Waals surface area (Å²) in [5.74, 6) is -2.24. The minimum absolute atomic E-state index is 0.0313. The van der Waals surface area contributed by atoms with Crippen LogP contribution in [0, 0.1) is 11.3 Å². The number of hydrogen-bond acceptors (Lipinski definition) is 8. The number of hydrogen-bond donors (Lipinski definition) is 2. The molecule has 1 aromatic carbocycles. The zero-order valence-corrected chi connectivity index (χ0v) is 28.4. The van der Waals surface area contributed by atoms with E-state index in [4.69, 9.17) is 4.74 Å². The molecule has 13 heteroatoms. The van der Waals surface area contributed by atoms with Crippen molar-refractivity contribution < 1.29 is 37.1 Å². The third-order valence-corrected chi connectivity index (χ3v) is 12.5. The van der Waals surface area contributed by atoms with Gasteiger partial charge in [-0.25, -0.2) is 13.2 Å². The van der Waals surface area contributed by atoms with Gasteiger partial charge >= 0.3 is 6.09 Å². The van der Waals surface area contributed by atoms with Crippen molar-refractivity contribution >= 4 is 39.6 Å². The standard InChI is InChI=1S/C35H46N4O8S/c1-3-24-17-35(24,33(43)37-48(45,46)26-14-15-26)18-30(40)29-16-25-20-39(29)32(42)28(4-2)36-31(41)13-8-6-5-7-10-22-11-9-12-23-19-38(21-27(22)23)34(44)47-25/h3,9,11-12,24-26,28-29H,1,4-8,10,13-21H2,2H3,(H,36,41)(H,37,43)/t24-,25-,28+,29+,35-/m1/s1. The number of Topliss-reactive ketones (excluding diaryl/α,β-unsaturated/α-hetero) is 1. The molecule has 0 spiro atoms. The predicted octanol–water partition coefficient (Wildman–Crippen LogP) is 3.27. The number of aryl methyl sites for hydroxylation is 1. The summed E-state index contributed by atoms with van der Waals surface area (Å²) in [5, 5.41) is 2.24. The van der Waals surface area contributed by atoms with Crippen LogP contribution in [0.1, 0.15) is 94.2 Å². The van der Waals surface area contributed by atoms with Crippen LogP contribution in [-0.4, -0.2) is 77.8 Å². The maximum atomic E-state index is 14.1. The fraction of sp³-hybridized carbons (Fsp3) is 0.629. The van der Waals surface area contributed by atoms with Crippen LogP contribution in [0.2, 0.25) is 0 Å². The molecule has 1 saturated heterocycles. The van der Waals surface area contributed by atoms with E-state index in [1.807, 2.05) is 12.1 Å². The Bertz CT molecular complexity index is 1610. The molecule has 4 bridgehead atoms. The summed E-state index contributed by atoms with van der Waals surface area (Å²) >= 11 is 0. The van der Waals surface area contributed by atoms with Crippen LogP contribution in [0.15, 0.2) is 30.9 Å². The van der Waals surface area contributed by atoms with E-state index in [9.17, 15) is 32.4 Å². The van der Waals surface area contributed by atoms with E-state index in [-0.39, 0.29) is 38.1 Å². The van der Waals surface area contributed by atoms with Crippen LogP contribution in [-0.2, 0) is 53.4 Å². The van der Waals surface area contributed by atoms with Crippen molar-refractivity contribution in [3.05, 3.63) is 47.5 Å². The zero-order valence-electron chi connectivity index (χ0n) is 27.6. The van der Waals surface area contributed by atoms with Crippen molar-refractivity contribution in [3.8, 4) is 0 Å². The van der Waals surface area contributed by atoms with Crippen molar-refractivity contribution in [2.24, 2.45) is 11.3 Å². The smallest absolute Gasteiger partial charge is 0.410 e. The lowest BCUT2D eigenvalue weighted by atomic mass is 9.91. The van der Waals surface area contributed by atoms with Gasteiger partial charge in [0.15, 0.2) is 5.78 Å². The van der Waals surface area contributed by atoms with Crippen molar-refractivity contribution in [1.82, 2.24) is 19.8 Å². The van der Waals surface area contributed by atoms with E-state index in [2.05, 4.69) is 22.7 Å². The third kappa shape index (κ3) is 7.02. The average Bonchev–Trinajstić information content (AvgIpc) is 3.95. The Labute approximate surface area is 282 Å². The highest BCUT2D eigenvalue weighted by Gasteiger charge is 2.61. The first-order valence-corrected chi connectivity index (χ1v) is 18.9. The number of sulfonamides is 1. The Morgan fingerprint density at radius 2 is 1.81 bits per heavy atom. The molecule has 0 aromatic heterocycles. The molecule has 3 aliphatic heterocycles. The lowest BCUT2D eigenvalue weighted by Gasteiger charge is -2.29. The second kappa shape index (κ2) is 13.6. The summed E-state index contributed by atoms with van der Waals surface area (Å²) in [6.45, 7) is 6.35. The number of benzene rings is 1. The molecule has 1 aromatic rings. The lowest BCUT2D eigenvalue weighted by Crippen LogP contribution is -2.52. The van der Waals surface area contributed by atoms with Gasteiger partial charge < -0.3 is 15.0 Å². The summed E-state index contributed by atoms with van der Waals surface area (Å²) in [6.07, 6.45) is 6.16. The molecule has 260 valence electrons. The Morgan fingerprint density at radius 3 is 2.50 bits per heavy atom. The van der Waals surface area contributed by atoms with Gasteiger partial charge in [-0.3, -0.25) is 28.8 Å². The second-order valence-electron chi connectivity index (χ2n) is 14.1. The topological polar surface area (TPSA) is 159 Å². The number of ether oxygens (including phenoxy) is 1. The van der Waals surface area contributed by atoms with Crippen molar-refractivity contribution in [1.29, 1.82) is 0 Å². The van der Waals surface area contributed by atoms with Gasteiger partial charge in [0, 0.05) is 32.4 Å². The highest BCUT2D eigenvalue weighted by Crippen LogP contribution is 2.57. The van der Waals surface area contributed by atoms with Gasteiger partial charge in [-0.1, -0.05) is 44.0 Å². The molecule has 0 radical (unpaired) electrons. The molecule has 2 N–H and O–H groups in total. The van der Waals surface area contributed by atoms with Crippen LogP contribution in [0.5, 0.6) is 0 Å². The minimum atomic E-state index is -3.84. The molecule has 48 heavy (non-hydrogen) atoms. The Balaban J connectivity index is 1.23. The first-order valence-electron chi connectivity index (χ1n) is 17.3. The second-order valence-corrected chi connectivity index (χ2v) is 16.1. The van der Waals surface area contributed by atoms with Crippen LogP contribution < -0.4 is 10.0 Å². The van der Waals surface area contributed by atoms with Gasteiger partial charge in [-0.15, -0.1) is 6.58 Å². The van der Waals surface area contributed by atoms with Crippen LogP contribution in [0.4, 0.5) is 4.79 Å². The molecular weight excluding hydrogens is 636 g/mol. The lowest BCUT2D eigenvalue weighted by molar-refractivity contribution is -0.142. The van der Waals surface area contributed by atoms with Crippen molar-refractivity contribution in [2.75, 3.05) is 6.54 Å².